The Labute approximate surface area is 123 Å². The molecule has 0 aliphatic rings. The fraction of sp³-hybridized carbons (Fsp3) is 0.400. The Bertz CT molecular complexity index is 483. The number of hydrogen-bond donors (Lipinski definition) is 4. The smallest absolute Gasteiger partial charge is 0.267 e. The molecule has 0 fully saturated rings. The van der Waals surface area contributed by atoms with E-state index in [4.69, 9.17) is 15.1 Å². The van der Waals surface area contributed by atoms with E-state index in [2.05, 4.69) is 0 Å². The van der Waals surface area contributed by atoms with Crippen LogP contribution in [0.2, 0.25) is 0 Å². The van der Waals surface area contributed by atoms with Gasteiger partial charge in [-0.05, 0) is 24.6 Å². The molecule has 1 aromatic carbocycles. The first-order valence-electron chi connectivity index (χ1n) is 6.63. The van der Waals surface area contributed by atoms with Gasteiger partial charge in [0.25, 0.3) is 5.91 Å². The van der Waals surface area contributed by atoms with Crippen LogP contribution in [0.5, 0.6) is 5.75 Å². The Kier molecular flexibility index (Phi) is 6.87. The SMILES string of the molecule is C/C(=C\C(=O)NO)[C@H](C)[C@@H](O)c1ccc(OCCO)cc1. The molecular weight excluding hydrogens is 274 g/mol. The van der Waals surface area contributed by atoms with Gasteiger partial charge in [0.2, 0.25) is 0 Å². The van der Waals surface area contributed by atoms with Gasteiger partial charge in [-0.1, -0.05) is 24.6 Å². The van der Waals surface area contributed by atoms with Gasteiger partial charge in [-0.25, -0.2) is 5.48 Å². The minimum Gasteiger partial charge on any atom is -0.491 e. The largest absolute Gasteiger partial charge is 0.491 e. The van der Waals surface area contributed by atoms with Crippen LogP contribution in [0.3, 0.4) is 0 Å². The van der Waals surface area contributed by atoms with Gasteiger partial charge in [0.15, 0.2) is 0 Å². The maximum absolute atomic E-state index is 11.1. The van der Waals surface area contributed by atoms with Crippen molar-refractivity contribution in [1.82, 2.24) is 5.48 Å². The van der Waals surface area contributed by atoms with Crippen molar-refractivity contribution in [2.24, 2.45) is 5.92 Å². The van der Waals surface area contributed by atoms with E-state index in [1.807, 2.05) is 0 Å². The maximum atomic E-state index is 11.1. The molecule has 4 N–H and O–H groups in total. The highest BCUT2D eigenvalue weighted by molar-refractivity contribution is 5.87. The molecule has 1 rings (SSSR count). The zero-order valence-electron chi connectivity index (χ0n) is 12.1. The fourth-order valence-electron chi connectivity index (χ4n) is 1.83. The van der Waals surface area contributed by atoms with Crippen molar-refractivity contribution in [2.75, 3.05) is 13.2 Å². The highest BCUT2D eigenvalue weighted by Gasteiger charge is 2.18. The van der Waals surface area contributed by atoms with E-state index in [9.17, 15) is 9.90 Å². The molecule has 116 valence electrons. The topological polar surface area (TPSA) is 99.0 Å². The number of nitrogens with one attached hydrogen (secondary N) is 1. The van der Waals surface area contributed by atoms with Crippen LogP contribution in [-0.2, 0) is 4.79 Å². The van der Waals surface area contributed by atoms with Crippen molar-refractivity contribution in [3.05, 3.63) is 41.5 Å². The molecule has 0 heterocycles. The normalized spacial score (nSPS) is 14.4. The molecule has 0 saturated heterocycles. The minimum absolute atomic E-state index is 0.0572. The van der Waals surface area contributed by atoms with Gasteiger partial charge in [-0.2, -0.15) is 0 Å². The lowest BCUT2D eigenvalue weighted by molar-refractivity contribution is -0.124. The number of carbonyl (C=O) groups excluding carboxylic acids is 1. The zero-order valence-corrected chi connectivity index (χ0v) is 12.1. The molecule has 1 amide bonds. The lowest BCUT2D eigenvalue weighted by Gasteiger charge is -2.20. The van der Waals surface area contributed by atoms with Crippen LogP contribution in [0.4, 0.5) is 0 Å². The van der Waals surface area contributed by atoms with E-state index in [0.29, 0.717) is 16.9 Å². The van der Waals surface area contributed by atoms with Gasteiger partial charge >= 0.3 is 0 Å². The summed E-state index contributed by atoms with van der Waals surface area (Å²) in [4.78, 5) is 11.1. The molecule has 0 spiro atoms. The second-order valence-corrected chi connectivity index (χ2v) is 4.74. The van der Waals surface area contributed by atoms with Gasteiger partial charge in [0, 0.05) is 12.0 Å². The third-order valence-electron chi connectivity index (χ3n) is 3.24. The van der Waals surface area contributed by atoms with Crippen LogP contribution in [0.25, 0.3) is 0 Å². The Balaban J connectivity index is 2.75. The Morgan fingerprint density at radius 2 is 2.00 bits per heavy atom. The maximum Gasteiger partial charge on any atom is 0.267 e. The van der Waals surface area contributed by atoms with Gasteiger partial charge in [-0.15, -0.1) is 0 Å². The molecule has 0 unspecified atom stereocenters. The predicted octanol–water partition coefficient (Wildman–Crippen LogP) is 1.18. The van der Waals surface area contributed by atoms with E-state index in [1.165, 1.54) is 11.6 Å². The Hall–Kier alpha value is -1.89. The average molecular weight is 295 g/mol. The van der Waals surface area contributed by atoms with Gasteiger partial charge < -0.3 is 14.9 Å². The molecule has 6 nitrogen and oxygen atoms in total. The van der Waals surface area contributed by atoms with Crippen LogP contribution >= 0.6 is 0 Å². The molecular formula is C15H21NO5. The van der Waals surface area contributed by atoms with E-state index >= 15 is 0 Å². The number of ether oxygens (including phenoxy) is 1. The van der Waals surface area contributed by atoms with E-state index < -0.39 is 12.0 Å². The monoisotopic (exact) mass is 295 g/mol. The molecule has 6 heteroatoms. The van der Waals surface area contributed by atoms with Crippen molar-refractivity contribution in [2.45, 2.75) is 20.0 Å². The summed E-state index contributed by atoms with van der Waals surface area (Å²) in [5.41, 5.74) is 2.86. The first kappa shape index (κ1) is 17.2. The summed E-state index contributed by atoms with van der Waals surface area (Å²) in [7, 11) is 0. The molecule has 1 aromatic rings. The van der Waals surface area contributed by atoms with Crippen molar-refractivity contribution in [1.29, 1.82) is 0 Å². The van der Waals surface area contributed by atoms with Crippen LogP contribution in [0.15, 0.2) is 35.9 Å². The van der Waals surface area contributed by atoms with E-state index in [1.54, 1.807) is 38.1 Å². The Morgan fingerprint density at radius 1 is 1.38 bits per heavy atom. The summed E-state index contributed by atoms with van der Waals surface area (Å²) in [5.74, 6) is -0.301. The lowest BCUT2D eigenvalue weighted by Crippen LogP contribution is -2.18. The molecule has 0 bridgehead atoms. The third kappa shape index (κ3) is 5.18. The molecule has 21 heavy (non-hydrogen) atoms. The summed E-state index contributed by atoms with van der Waals surface area (Å²) in [5, 5.41) is 27.5. The zero-order chi connectivity index (χ0) is 15.8. The molecule has 0 aromatic heterocycles. The summed E-state index contributed by atoms with van der Waals surface area (Å²) in [6, 6.07) is 6.88. The van der Waals surface area contributed by atoms with E-state index in [-0.39, 0.29) is 19.1 Å². The molecule has 0 aliphatic carbocycles. The Morgan fingerprint density at radius 3 is 2.52 bits per heavy atom. The van der Waals surface area contributed by atoms with Crippen LogP contribution in [0.1, 0.15) is 25.5 Å². The first-order chi connectivity index (χ1) is 9.99. The highest BCUT2D eigenvalue weighted by atomic mass is 16.5. The van der Waals surface area contributed by atoms with Crippen LogP contribution in [-0.4, -0.2) is 34.5 Å². The highest BCUT2D eigenvalue weighted by Crippen LogP contribution is 2.28. The quantitative estimate of drug-likeness (QED) is 0.344. The van der Waals surface area contributed by atoms with Crippen LogP contribution in [0, 0.1) is 5.92 Å². The molecule has 0 aliphatic heterocycles. The average Bonchev–Trinajstić information content (AvgIpc) is 2.51. The second kappa shape index (κ2) is 8.41. The molecule has 0 saturated carbocycles. The van der Waals surface area contributed by atoms with Crippen LogP contribution < -0.4 is 10.2 Å². The molecule has 2 atom stereocenters. The second-order valence-electron chi connectivity index (χ2n) is 4.74. The number of aliphatic hydroxyl groups is 2. The summed E-state index contributed by atoms with van der Waals surface area (Å²) in [6.07, 6.45) is 0.465. The molecule has 0 radical (unpaired) electrons. The number of hydroxylamine groups is 1. The van der Waals surface area contributed by atoms with Gasteiger partial charge in [-0.3, -0.25) is 10.0 Å². The summed E-state index contributed by atoms with van der Waals surface area (Å²) < 4.78 is 5.24. The number of aliphatic hydroxyl groups excluding tert-OH is 2. The standard InChI is InChI=1S/C15H21NO5/c1-10(9-14(18)16-20)11(2)15(19)12-3-5-13(6-4-12)21-8-7-17/h3-6,9,11,15,17,19-20H,7-8H2,1-2H3,(H,16,18)/b10-9+/t11-,15+/m0/s1. The number of carbonyl (C=O) groups is 1. The lowest BCUT2D eigenvalue weighted by atomic mass is 9.91. The van der Waals surface area contributed by atoms with Gasteiger partial charge in [0.1, 0.15) is 12.4 Å². The number of benzene rings is 1. The van der Waals surface area contributed by atoms with Crippen molar-refractivity contribution < 1.29 is 25.0 Å². The fourth-order valence-corrected chi connectivity index (χ4v) is 1.83. The first-order valence-corrected chi connectivity index (χ1v) is 6.63. The number of amides is 1. The van der Waals surface area contributed by atoms with Crippen molar-refractivity contribution in [3.63, 3.8) is 0 Å². The van der Waals surface area contributed by atoms with Gasteiger partial charge in [0.05, 0.1) is 12.7 Å². The minimum atomic E-state index is -0.778. The number of hydrogen-bond acceptors (Lipinski definition) is 5. The van der Waals surface area contributed by atoms with E-state index in [0.717, 1.165) is 0 Å². The number of rotatable bonds is 7. The third-order valence-corrected chi connectivity index (χ3v) is 3.24. The van der Waals surface area contributed by atoms with Crippen molar-refractivity contribution >= 4 is 5.91 Å². The van der Waals surface area contributed by atoms with Crippen molar-refractivity contribution in [3.8, 4) is 5.75 Å². The predicted molar refractivity (Wildman–Crippen MR) is 76.8 cm³/mol. The summed E-state index contributed by atoms with van der Waals surface area (Å²) in [6.45, 7) is 3.66. The summed E-state index contributed by atoms with van der Waals surface area (Å²) >= 11 is 0.